The molecule has 1 aliphatic heterocycles. The van der Waals surface area contributed by atoms with Gasteiger partial charge in [-0.3, -0.25) is 4.90 Å². The molecule has 18 heavy (non-hydrogen) atoms. The molecule has 3 rings (SSSR count). The lowest BCUT2D eigenvalue weighted by molar-refractivity contribution is 0.226. The van der Waals surface area contributed by atoms with Gasteiger partial charge in [0.25, 0.3) is 0 Å². The van der Waals surface area contributed by atoms with Crippen molar-refractivity contribution in [3.8, 4) is 5.69 Å². The summed E-state index contributed by atoms with van der Waals surface area (Å²) < 4.78 is 1.81. The second-order valence-corrected chi connectivity index (χ2v) is 4.37. The van der Waals surface area contributed by atoms with Crippen molar-refractivity contribution in [3.63, 3.8) is 0 Å². The largest absolute Gasteiger partial charge is 0.314 e. The molecule has 0 saturated carbocycles. The lowest BCUT2D eigenvalue weighted by Gasteiger charge is -2.26. The minimum absolute atomic E-state index is 0.795. The molecule has 1 saturated heterocycles. The summed E-state index contributed by atoms with van der Waals surface area (Å²) in [6, 6.07) is 10.00. The van der Waals surface area contributed by atoms with E-state index >= 15 is 0 Å². The Morgan fingerprint density at radius 1 is 1.11 bits per heavy atom. The van der Waals surface area contributed by atoms with Crippen LogP contribution in [0.1, 0.15) is 5.82 Å². The number of aromatic nitrogens is 4. The van der Waals surface area contributed by atoms with Crippen molar-refractivity contribution in [1.29, 1.82) is 0 Å². The van der Waals surface area contributed by atoms with Gasteiger partial charge in [0.05, 0.1) is 12.2 Å². The van der Waals surface area contributed by atoms with Crippen LogP contribution >= 0.6 is 0 Å². The first-order valence-electron chi connectivity index (χ1n) is 6.19. The third-order valence-corrected chi connectivity index (χ3v) is 3.11. The molecule has 1 aliphatic rings. The molecule has 6 heteroatoms. The first-order valence-corrected chi connectivity index (χ1v) is 6.19. The van der Waals surface area contributed by atoms with E-state index < -0.39 is 0 Å². The van der Waals surface area contributed by atoms with Crippen molar-refractivity contribution in [2.45, 2.75) is 6.54 Å². The molecule has 0 atom stereocenters. The average molecular weight is 244 g/mol. The summed E-state index contributed by atoms with van der Waals surface area (Å²) in [5.41, 5.74) is 1.01. The number of rotatable bonds is 3. The van der Waals surface area contributed by atoms with Crippen LogP contribution < -0.4 is 5.32 Å². The van der Waals surface area contributed by atoms with Crippen molar-refractivity contribution < 1.29 is 0 Å². The maximum absolute atomic E-state index is 4.13. The molecule has 0 radical (unpaired) electrons. The summed E-state index contributed by atoms with van der Waals surface area (Å²) in [5.74, 6) is 0.892. The summed E-state index contributed by atoms with van der Waals surface area (Å²) >= 11 is 0. The lowest BCUT2D eigenvalue weighted by Crippen LogP contribution is -2.43. The molecular formula is C12H16N6. The molecule has 2 aromatic rings. The van der Waals surface area contributed by atoms with Gasteiger partial charge in [-0.1, -0.05) is 18.2 Å². The number of nitrogens with one attached hydrogen (secondary N) is 1. The Morgan fingerprint density at radius 2 is 1.89 bits per heavy atom. The Balaban J connectivity index is 1.79. The van der Waals surface area contributed by atoms with Crippen LogP contribution in [0.3, 0.4) is 0 Å². The maximum atomic E-state index is 4.13. The van der Waals surface area contributed by atoms with Gasteiger partial charge in [-0.05, 0) is 22.6 Å². The fourth-order valence-electron chi connectivity index (χ4n) is 2.14. The van der Waals surface area contributed by atoms with Crippen LogP contribution in [0, 0.1) is 0 Å². The highest BCUT2D eigenvalue weighted by molar-refractivity contribution is 5.30. The first kappa shape index (κ1) is 11.3. The number of benzene rings is 1. The van der Waals surface area contributed by atoms with Gasteiger partial charge >= 0.3 is 0 Å². The first-order chi connectivity index (χ1) is 8.93. The zero-order valence-electron chi connectivity index (χ0n) is 10.2. The lowest BCUT2D eigenvalue weighted by atomic mass is 10.3. The predicted molar refractivity (Wildman–Crippen MR) is 67.3 cm³/mol. The molecular weight excluding hydrogens is 228 g/mol. The average Bonchev–Trinajstić information content (AvgIpc) is 2.89. The highest BCUT2D eigenvalue weighted by Crippen LogP contribution is 2.09. The van der Waals surface area contributed by atoms with Gasteiger partial charge in [0.1, 0.15) is 0 Å². The molecule has 0 spiro atoms. The summed E-state index contributed by atoms with van der Waals surface area (Å²) in [4.78, 5) is 2.36. The number of hydrogen-bond donors (Lipinski definition) is 1. The molecule has 2 heterocycles. The number of tetrazole rings is 1. The fraction of sp³-hybridized carbons (Fsp3) is 0.417. The van der Waals surface area contributed by atoms with Gasteiger partial charge in [0.2, 0.25) is 0 Å². The molecule has 1 fully saturated rings. The summed E-state index contributed by atoms with van der Waals surface area (Å²) in [7, 11) is 0. The Kier molecular flexibility index (Phi) is 3.29. The molecule has 0 unspecified atom stereocenters. The molecule has 1 N–H and O–H groups in total. The van der Waals surface area contributed by atoms with Gasteiger partial charge in [0.15, 0.2) is 5.82 Å². The molecule has 94 valence electrons. The van der Waals surface area contributed by atoms with Crippen molar-refractivity contribution in [3.05, 3.63) is 36.2 Å². The standard InChI is InChI=1S/C12H16N6/c1-2-4-11(5-3-1)18-12(14-15-16-18)10-17-8-6-13-7-9-17/h1-5,13H,6-10H2. The van der Waals surface area contributed by atoms with E-state index in [0.717, 1.165) is 44.2 Å². The molecule has 1 aromatic carbocycles. The molecule has 6 nitrogen and oxygen atoms in total. The van der Waals surface area contributed by atoms with Crippen LogP contribution in [0.25, 0.3) is 5.69 Å². The monoisotopic (exact) mass is 244 g/mol. The maximum Gasteiger partial charge on any atom is 0.170 e. The van der Waals surface area contributed by atoms with Crippen LogP contribution in [0.2, 0.25) is 0 Å². The van der Waals surface area contributed by atoms with E-state index in [9.17, 15) is 0 Å². The van der Waals surface area contributed by atoms with E-state index in [-0.39, 0.29) is 0 Å². The van der Waals surface area contributed by atoms with Crippen molar-refractivity contribution in [2.75, 3.05) is 26.2 Å². The SMILES string of the molecule is c1ccc(-n2nnnc2CN2CCNCC2)cc1. The summed E-state index contributed by atoms with van der Waals surface area (Å²) in [6.45, 7) is 4.95. The van der Waals surface area contributed by atoms with Crippen LogP contribution in [-0.2, 0) is 6.54 Å². The topological polar surface area (TPSA) is 58.9 Å². The Bertz CT molecular complexity index is 488. The van der Waals surface area contributed by atoms with E-state index in [0.29, 0.717) is 0 Å². The van der Waals surface area contributed by atoms with Crippen LogP contribution in [0.4, 0.5) is 0 Å². The second kappa shape index (κ2) is 5.24. The number of nitrogens with zero attached hydrogens (tertiary/aromatic N) is 5. The predicted octanol–water partition coefficient (Wildman–Crippen LogP) is 0.0675. The van der Waals surface area contributed by atoms with E-state index in [1.54, 1.807) is 0 Å². The van der Waals surface area contributed by atoms with Gasteiger partial charge in [-0.15, -0.1) is 5.10 Å². The van der Waals surface area contributed by atoms with E-state index in [1.165, 1.54) is 0 Å². The second-order valence-electron chi connectivity index (χ2n) is 4.37. The van der Waals surface area contributed by atoms with Crippen LogP contribution in [0.5, 0.6) is 0 Å². The molecule has 0 bridgehead atoms. The van der Waals surface area contributed by atoms with Crippen LogP contribution in [-0.4, -0.2) is 51.3 Å². The molecule has 1 aromatic heterocycles. The van der Waals surface area contributed by atoms with Crippen molar-refractivity contribution in [1.82, 2.24) is 30.4 Å². The van der Waals surface area contributed by atoms with E-state index in [2.05, 4.69) is 25.7 Å². The summed E-state index contributed by atoms with van der Waals surface area (Å²) in [6.07, 6.45) is 0. The number of para-hydroxylation sites is 1. The van der Waals surface area contributed by atoms with Crippen LogP contribution in [0.15, 0.2) is 30.3 Å². The van der Waals surface area contributed by atoms with E-state index in [1.807, 2.05) is 35.0 Å². The highest BCUT2D eigenvalue weighted by Gasteiger charge is 2.15. The minimum Gasteiger partial charge on any atom is -0.314 e. The molecule has 0 amide bonds. The highest BCUT2D eigenvalue weighted by atomic mass is 15.5. The van der Waals surface area contributed by atoms with Gasteiger partial charge in [-0.25, -0.2) is 0 Å². The molecule has 0 aliphatic carbocycles. The van der Waals surface area contributed by atoms with Gasteiger partial charge in [0, 0.05) is 26.2 Å². The zero-order valence-corrected chi connectivity index (χ0v) is 10.2. The van der Waals surface area contributed by atoms with Crippen molar-refractivity contribution >= 4 is 0 Å². The third kappa shape index (κ3) is 2.39. The van der Waals surface area contributed by atoms with E-state index in [4.69, 9.17) is 0 Å². The Morgan fingerprint density at radius 3 is 2.67 bits per heavy atom. The van der Waals surface area contributed by atoms with Gasteiger partial charge < -0.3 is 5.32 Å². The van der Waals surface area contributed by atoms with Gasteiger partial charge in [-0.2, -0.15) is 4.68 Å². The normalized spacial score (nSPS) is 16.9. The number of piperazine rings is 1. The quantitative estimate of drug-likeness (QED) is 0.828. The third-order valence-electron chi connectivity index (χ3n) is 3.11. The zero-order chi connectivity index (χ0) is 12.2. The van der Waals surface area contributed by atoms with Crippen molar-refractivity contribution in [2.24, 2.45) is 0 Å². The Labute approximate surface area is 106 Å². The Hall–Kier alpha value is -1.79. The summed E-state index contributed by atoms with van der Waals surface area (Å²) in [5, 5.41) is 15.3. The number of hydrogen-bond acceptors (Lipinski definition) is 5. The fourth-order valence-corrected chi connectivity index (χ4v) is 2.14. The smallest absolute Gasteiger partial charge is 0.170 e. The minimum atomic E-state index is 0.795.